The molecular formula is C15H16BrN3O2. The summed E-state index contributed by atoms with van der Waals surface area (Å²) in [5.74, 6) is 0.248. The Labute approximate surface area is 131 Å². The molecule has 2 aromatic rings. The Kier molecular flexibility index (Phi) is 5.83. The minimum absolute atomic E-state index is 0.103. The van der Waals surface area contributed by atoms with Crippen LogP contribution in [0.5, 0.6) is 0 Å². The van der Waals surface area contributed by atoms with Gasteiger partial charge in [0.05, 0.1) is 17.0 Å². The first-order valence-electron chi connectivity index (χ1n) is 6.58. The minimum Gasteiger partial charge on any atom is -0.391 e. The summed E-state index contributed by atoms with van der Waals surface area (Å²) in [6, 6.07) is 9.66. The second kappa shape index (κ2) is 7.85. The van der Waals surface area contributed by atoms with Crippen molar-refractivity contribution in [2.75, 3.05) is 6.54 Å². The topological polar surface area (TPSA) is 75.1 Å². The van der Waals surface area contributed by atoms with Gasteiger partial charge in [0.25, 0.3) is 0 Å². The van der Waals surface area contributed by atoms with Crippen LogP contribution in [0.15, 0.2) is 47.2 Å². The third-order valence-corrected chi connectivity index (χ3v) is 3.25. The van der Waals surface area contributed by atoms with E-state index in [0.29, 0.717) is 12.2 Å². The average molecular weight is 350 g/mol. The van der Waals surface area contributed by atoms with Crippen LogP contribution in [-0.4, -0.2) is 33.6 Å². The number of aromatic nitrogens is 2. The van der Waals surface area contributed by atoms with Crippen LogP contribution in [-0.2, 0) is 17.6 Å². The summed E-state index contributed by atoms with van der Waals surface area (Å²) in [7, 11) is 0. The number of carbonyl (C=O) groups excluding carboxylic acids is 1. The van der Waals surface area contributed by atoms with Gasteiger partial charge in [-0.2, -0.15) is 0 Å². The van der Waals surface area contributed by atoms with Crippen LogP contribution in [0.2, 0.25) is 0 Å². The van der Waals surface area contributed by atoms with E-state index in [1.54, 1.807) is 12.4 Å². The van der Waals surface area contributed by atoms with E-state index >= 15 is 0 Å². The van der Waals surface area contributed by atoms with Crippen LogP contribution in [0.4, 0.5) is 0 Å². The molecule has 0 fully saturated rings. The number of nitrogens with one attached hydrogen (secondary N) is 1. The van der Waals surface area contributed by atoms with Gasteiger partial charge < -0.3 is 10.4 Å². The van der Waals surface area contributed by atoms with Crippen LogP contribution in [0.3, 0.4) is 0 Å². The fraction of sp³-hybridized carbons (Fsp3) is 0.267. The molecule has 2 rings (SSSR count). The smallest absolute Gasteiger partial charge is 0.227 e. The van der Waals surface area contributed by atoms with Crippen LogP contribution in [0, 0.1) is 0 Å². The summed E-state index contributed by atoms with van der Waals surface area (Å²) in [4.78, 5) is 19.8. The van der Waals surface area contributed by atoms with Gasteiger partial charge in [0.1, 0.15) is 5.82 Å². The van der Waals surface area contributed by atoms with Crippen LogP contribution < -0.4 is 5.32 Å². The van der Waals surface area contributed by atoms with E-state index in [4.69, 9.17) is 0 Å². The first-order chi connectivity index (χ1) is 10.1. The second-order valence-electron chi connectivity index (χ2n) is 4.64. The summed E-state index contributed by atoms with van der Waals surface area (Å²) in [5.41, 5.74) is 1.04. The fourth-order valence-corrected chi connectivity index (χ4v) is 2.03. The van der Waals surface area contributed by atoms with Gasteiger partial charge >= 0.3 is 0 Å². The van der Waals surface area contributed by atoms with Crippen molar-refractivity contribution < 1.29 is 9.90 Å². The molecule has 0 bridgehead atoms. The maximum atomic E-state index is 11.7. The standard InChI is InChI=1S/C15H16BrN3O2/c16-12-8-17-14(18-9-12)7-15(21)19-10-13(20)6-11-4-2-1-3-5-11/h1-5,8-9,13,20H,6-7,10H2,(H,19,21). The van der Waals surface area contributed by atoms with Crippen LogP contribution in [0.1, 0.15) is 11.4 Å². The molecule has 0 aliphatic heterocycles. The lowest BCUT2D eigenvalue weighted by molar-refractivity contribution is -0.121. The van der Waals surface area contributed by atoms with E-state index in [0.717, 1.165) is 10.0 Å². The molecule has 0 aliphatic rings. The first-order valence-corrected chi connectivity index (χ1v) is 7.38. The highest BCUT2D eigenvalue weighted by Gasteiger charge is 2.09. The number of aliphatic hydroxyl groups excluding tert-OH is 1. The van der Waals surface area contributed by atoms with Gasteiger partial charge in [0.2, 0.25) is 5.91 Å². The Balaban J connectivity index is 1.74. The molecule has 0 spiro atoms. The summed E-state index contributed by atoms with van der Waals surface area (Å²) in [5, 5.41) is 12.6. The highest BCUT2D eigenvalue weighted by molar-refractivity contribution is 9.10. The van der Waals surface area contributed by atoms with Crippen molar-refractivity contribution in [1.82, 2.24) is 15.3 Å². The van der Waals surface area contributed by atoms with Gasteiger partial charge in [0, 0.05) is 25.4 Å². The lowest BCUT2D eigenvalue weighted by atomic mass is 10.1. The molecule has 1 aromatic heterocycles. The largest absolute Gasteiger partial charge is 0.391 e. The van der Waals surface area contributed by atoms with Crippen molar-refractivity contribution in [3.63, 3.8) is 0 Å². The lowest BCUT2D eigenvalue weighted by Gasteiger charge is -2.11. The second-order valence-corrected chi connectivity index (χ2v) is 5.56. The van der Waals surface area contributed by atoms with Gasteiger partial charge in [-0.15, -0.1) is 0 Å². The SMILES string of the molecule is O=C(Cc1ncc(Br)cn1)NCC(O)Cc1ccccc1. The van der Waals surface area contributed by atoms with Crippen LogP contribution in [0.25, 0.3) is 0 Å². The lowest BCUT2D eigenvalue weighted by Crippen LogP contribution is -2.34. The Morgan fingerprint density at radius 1 is 1.24 bits per heavy atom. The fourth-order valence-electron chi connectivity index (χ4n) is 1.83. The Morgan fingerprint density at radius 3 is 2.57 bits per heavy atom. The molecule has 1 unspecified atom stereocenters. The molecule has 1 heterocycles. The molecule has 0 aliphatic carbocycles. The zero-order valence-electron chi connectivity index (χ0n) is 11.4. The number of nitrogens with zero attached hydrogens (tertiary/aromatic N) is 2. The van der Waals surface area contributed by atoms with E-state index in [-0.39, 0.29) is 18.9 Å². The third-order valence-electron chi connectivity index (χ3n) is 2.84. The average Bonchev–Trinajstić information content (AvgIpc) is 2.49. The molecule has 110 valence electrons. The monoisotopic (exact) mass is 349 g/mol. The summed E-state index contributed by atoms with van der Waals surface area (Å²) < 4.78 is 0.768. The Morgan fingerprint density at radius 2 is 1.90 bits per heavy atom. The maximum Gasteiger partial charge on any atom is 0.227 e. The predicted molar refractivity (Wildman–Crippen MR) is 82.6 cm³/mol. The molecule has 2 N–H and O–H groups in total. The predicted octanol–water partition coefficient (Wildman–Crippen LogP) is 1.50. The van der Waals surface area contributed by atoms with Gasteiger partial charge in [-0.25, -0.2) is 9.97 Å². The summed E-state index contributed by atoms with van der Waals surface area (Å²) in [6.45, 7) is 0.213. The number of aliphatic hydroxyl groups is 1. The van der Waals surface area contributed by atoms with Crippen LogP contribution >= 0.6 is 15.9 Å². The van der Waals surface area contributed by atoms with Gasteiger partial charge in [-0.1, -0.05) is 30.3 Å². The maximum absolute atomic E-state index is 11.7. The molecule has 6 heteroatoms. The van der Waals surface area contributed by atoms with Crippen molar-refractivity contribution in [3.8, 4) is 0 Å². The number of amides is 1. The molecule has 5 nitrogen and oxygen atoms in total. The normalized spacial score (nSPS) is 11.9. The highest BCUT2D eigenvalue weighted by Crippen LogP contribution is 2.05. The van der Waals surface area contributed by atoms with Crippen molar-refractivity contribution in [2.45, 2.75) is 18.9 Å². The molecule has 1 amide bonds. The Hall–Kier alpha value is -1.79. The molecular weight excluding hydrogens is 334 g/mol. The molecule has 21 heavy (non-hydrogen) atoms. The summed E-state index contributed by atoms with van der Waals surface area (Å²) >= 11 is 3.23. The minimum atomic E-state index is -0.609. The highest BCUT2D eigenvalue weighted by atomic mass is 79.9. The summed E-state index contributed by atoms with van der Waals surface area (Å²) in [6.07, 6.45) is 3.20. The van der Waals surface area contributed by atoms with Crippen molar-refractivity contribution in [2.24, 2.45) is 0 Å². The Bertz CT molecular complexity index is 575. The van der Waals surface area contributed by atoms with E-state index < -0.39 is 6.10 Å². The zero-order chi connectivity index (χ0) is 15.1. The zero-order valence-corrected chi connectivity index (χ0v) is 13.0. The number of hydrogen-bond acceptors (Lipinski definition) is 4. The first kappa shape index (κ1) is 15.6. The molecule has 0 saturated heterocycles. The van der Waals surface area contributed by atoms with Crippen molar-refractivity contribution >= 4 is 21.8 Å². The number of halogens is 1. The van der Waals surface area contributed by atoms with E-state index in [2.05, 4.69) is 31.2 Å². The number of benzene rings is 1. The number of rotatable bonds is 6. The van der Waals surface area contributed by atoms with E-state index in [1.165, 1.54) is 0 Å². The van der Waals surface area contributed by atoms with Gasteiger partial charge in [-0.05, 0) is 21.5 Å². The number of hydrogen-bond donors (Lipinski definition) is 2. The molecule has 1 atom stereocenters. The van der Waals surface area contributed by atoms with Crippen molar-refractivity contribution in [1.29, 1.82) is 0 Å². The van der Waals surface area contributed by atoms with Crippen molar-refractivity contribution in [3.05, 3.63) is 58.6 Å². The van der Waals surface area contributed by atoms with Gasteiger partial charge in [-0.3, -0.25) is 4.79 Å². The van der Waals surface area contributed by atoms with E-state index in [9.17, 15) is 9.90 Å². The molecule has 0 saturated carbocycles. The third kappa shape index (κ3) is 5.61. The molecule has 0 radical (unpaired) electrons. The van der Waals surface area contributed by atoms with Gasteiger partial charge in [0.15, 0.2) is 0 Å². The molecule has 1 aromatic carbocycles. The van der Waals surface area contributed by atoms with E-state index in [1.807, 2.05) is 30.3 Å². The quantitative estimate of drug-likeness (QED) is 0.828. The number of carbonyl (C=O) groups is 1.